The molecule has 0 saturated heterocycles. The van der Waals surface area contributed by atoms with E-state index in [0.717, 1.165) is 0 Å². The van der Waals surface area contributed by atoms with E-state index in [1.165, 1.54) is 25.3 Å². The minimum absolute atomic E-state index is 0.00420. The molecule has 0 aliphatic heterocycles. The van der Waals surface area contributed by atoms with Gasteiger partial charge in [0, 0.05) is 18.4 Å². The van der Waals surface area contributed by atoms with Crippen molar-refractivity contribution in [2.45, 2.75) is 19.1 Å². The van der Waals surface area contributed by atoms with Gasteiger partial charge in [0.05, 0.1) is 6.61 Å². The minimum Gasteiger partial charge on any atom is -0.383 e. The monoisotopic (exact) mass is 333 g/mol. The SMILES string of the molecule is COCC(N)C(=O)Nc1cc(C(=O)NCC(F)(F)F)ccc1C. The first-order chi connectivity index (χ1) is 10.6. The largest absolute Gasteiger partial charge is 0.405 e. The molecular formula is C14H18F3N3O3. The molecule has 0 aliphatic rings. The van der Waals surface area contributed by atoms with Crippen LogP contribution in [0.3, 0.4) is 0 Å². The minimum atomic E-state index is -4.50. The summed E-state index contributed by atoms with van der Waals surface area (Å²) in [5, 5.41) is 4.28. The van der Waals surface area contributed by atoms with Crippen LogP contribution in [0.25, 0.3) is 0 Å². The zero-order chi connectivity index (χ0) is 17.6. The van der Waals surface area contributed by atoms with Crippen molar-refractivity contribution in [2.24, 2.45) is 5.73 Å². The number of nitrogens with one attached hydrogen (secondary N) is 2. The van der Waals surface area contributed by atoms with Gasteiger partial charge in [-0.25, -0.2) is 0 Å². The summed E-state index contributed by atoms with van der Waals surface area (Å²) in [7, 11) is 1.39. The molecule has 1 rings (SSSR count). The summed E-state index contributed by atoms with van der Waals surface area (Å²) in [4.78, 5) is 23.5. The van der Waals surface area contributed by atoms with Gasteiger partial charge in [-0.1, -0.05) is 6.07 Å². The quantitative estimate of drug-likeness (QED) is 0.729. The second-order valence-electron chi connectivity index (χ2n) is 4.88. The average molecular weight is 333 g/mol. The van der Waals surface area contributed by atoms with Crippen LogP contribution in [0.15, 0.2) is 18.2 Å². The van der Waals surface area contributed by atoms with Gasteiger partial charge in [0.2, 0.25) is 5.91 Å². The standard InChI is InChI=1S/C14H18F3N3O3/c1-8-3-4-9(12(21)19-7-14(15,16)17)5-11(8)20-13(22)10(18)6-23-2/h3-5,10H,6-7,18H2,1-2H3,(H,19,21)(H,20,22). The molecule has 0 radical (unpaired) electrons. The van der Waals surface area contributed by atoms with Crippen LogP contribution >= 0.6 is 0 Å². The van der Waals surface area contributed by atoms with Crippen LogP contribution < -0.4 is 16.4 Å². The first kappa shape index (κ1) is 18.9. The van der Waals surface area contributed by atoms with Gasteiger partial charge in [-0.15, -0.1) is 0 Å². The number of benzene rings is 1. The number of methoxy groups -OCH3 is 1. The Hall–Kier alpha value is -2.13. The van der Waals surface area contributed by atoms with Crippen molar-refractivity contribution in [2.75, 3.05) is 25.6 Å². The number of rotatable bonds is 6. The van der Waals surface area contributed by atoms with Crippen molar-refractivity contribution in [3.05, 3.63) is 29.3 Å². The van der Waals surface area contributed by atoms with Crippen molar-refractivity contribution >= 4 is 17.5 Å². The van der Waals surface area contributed by atoms with Crippen LogP contribution in [0, 0.1) is 6.92 Å². The van der Waals surface area contributed by atoms with Gasteiger partial charge in [-0.3, -0.25) is 9.59 Å². The third-order valence-corrected chi connectivity index (χ3v) is 2.89. The molecule has 0 aromatic heterocycles. The number of carbonyl (C=O) groups is 2. The Morgan fingerprint density at radius 1 is 1.35 bits per heavy atom. The Bertz CT molecular complexity index is 576. The van der Waals surface area contributed by atoms with Gasteiger partial charge in [-0.05, 0) is 24.6 Å². The third-order valence-electron chi connectivity index (χ3n) is 2.89. The fourth-order valence-electron chi connectivity index (χ4n) is 1.66. The molecule has 4 N–H and O–H groups in total. The second-order valence-corrected chi connectivity index (χ2v) is 4.88. The van der Waals surface area contributed by atoms with E-state index in [9.17, 15) is 22.8 Å². The molecule has 1 unspecified atom stereocenters. The normalized spacial score (nSPS) is 12.6. The highest BCUT2D eigenvalue weighted by atomic mass is 19.4. The maximum atomic E-state index is 12.1. The first-order valence-electron chi connectivity index (χ1n) is 6.65. The van der Waals surface area contributed by atoms with E-state index in [-0.39, 0.29) is 12.2 Å². The van der Waals surface area contributed by atoms with E-state index in [1.54, 1.807) is 12.2 Å². The van der Waals surface area contributed by atoms with Crippen LogP contribution in [-0.2, 0) is 9.53 Å². The summed E-state index contributed by atoms with van der Waals surface area (Å²) >= 11 is 0. The van der Waals surface area contributed by atoms with Gasteiger partial charge >= 0.3 is 6.18 Å². The number of carbonyl (C=O) groups excluding carboxylic acids is 2. The number of anilines is 1. The Morgan fingerprint density at radius 2 is 2.00 bits per heavy atom. The Kier molecular flexibility index (Phi) is 6.52. The summed E-state index contributed by atoms with van der Waals surface area (Å²) in [6.45, 7) is 0.256. The predicted molar refractivity (Wildman–Crippen MR) is 78.0 cm³/mol. The maximum absolute atomic E-state index is 12.1. The van der Waals surface area contributed by atoms with Crippen molar-refractivity contribution in [1.82, 2.24) is 5.32 Å². The number of aryl methyl sites for hydroxylation is 1. The van der Waals surface area contributed by atoms with Gasteiger partial charge in [0.15, 0.2) is 0 Å². The Labute approximate surface area is 131 Å². The van der Waals surface area contributed by atoms with Crippen LogP contribution in [0.2, 0.25) is 0 Å². The van der Waals surface area contributed by atoms with Crippen molar-refractivity contribution < 1.29 is 27.5 Å². The van der Waals surface area contributed by atoms with Gasteiger partial charge < -0.3 is 21.1 Å². The number of alkyl halides is 3. The molecule has 1 aromatic carbocycles. The number of ether oxygens (including phenoxy) is 1. The molecule has 2 amide bonds. The zero-order valence-electron chi connectivity index (χ0n) is 12.7. The predicted octanol–water partition coefficient (Wildman–Crippen LogP) is 1.20. The lowest BCUT2D eigenvalue weighted by Gasteiger charge is -2.14. The molecule has 0 heterocycles. The molecule has 6 nitrogen and oxygen atoms in total. The number of halogens is 3. The molecule has 1 atom stereocenters. The van der Waals surface area contributed by atoms with Crippen molar-refractivity contribution in [1.29, 1.82) is 0 Å². The summed E-state index contributed by atoms with van der Waals surface area (Å²) in [5.41, 5.74) is 6.50. The molecular weight excluding hydrogens is 315 g/mol. The van der Waals surface area contributed by atoms with Crippen LogP contribution in [0.4, 0.5) is 18.9 Å². The number of hydrogen-bond donors (Lipinski definition) is 3. The van der Waals surface area contributed by atoms with Crippen LogP contribution in [-0.4, -0.2) is 44.3 Å². The average Bonchev–Trinajstić information content (AvgIpc) is 2.46. The van der Waals surface area contributed by atoms with E-state index in [2.05, 4.69) is 5.32 Å². The lowest BCUT2D eigenvalue weighted by Crippen LogP contribution is -2.39. The smallest absolute Gasteiger partial charge is 0.383 e. The van der Waals surface area contributed by atoms with Crippen molar-refractivity contribution in [3.8, 4) is 0 Å². The van der Waals surface area contributed by atoms with E-state index in [0.29, 0.717) is 11.3 Å². The topological polar surface area (TPSA) is 93.4 Å². The molecule has 9 heteroatoms. The lowest BCUT2D eigenvalue weighted by atomic mass is 10.1. The molecule has 0 spiro atoms. The Balaban J connectivity index is 2.83. The summed E-state index contributed by atoms with van der Waals surface area (Å²) in [6, 6.07) is 3.27. The van der Waals surface area contributed by atoms with Crippen molar-refractivity contribution in [3.63, 3.8) is 0 Å². The van der Waals surface area contributed by atoms with Gasteiger partial charge in [0.1, 0.15) is 12.6 Å². The molecule has 0 saturated carbocycles. The maximum Gasteiger partial charge on any atom is 0.405 e. The highest BCUT2D eigenvalue weighted by Crippen LogP contribution is 2.18. The number of nitrogens with two attached hydrogens (primary N) is 1. The molecule has 0 aliphatic carbocycles. The lowest BCUT2D eigenvalue weighted by molar-refractivity contribution is -0.123. The molecule has 1 aromatic rings. The van der Waals surface area contributed by atoms with E-state index >= 15 is 0 Å². The molecule has 0 bridgehead atoms. The number of amides is 2. The first-order valence-corrected chi connectivity index (χ1v) is 6.65. The Morgan fingerprint density at radius 3 is 2.57 bits per heavy atom. The molecule has 0 fully saturated rings. The molecule has 128 valence electrons. The zero-order valence-corrected chi connectivity index (χ0v) is 12.7. The second kappa shape index (κ2) is 7.93. The fraction of sp³-hybridized carbons (Fsp3) is 0.429. The highest BCUT2D eigenvalue weighted by molar-refractivity contribution is 5.99. The van der Waals surface area contributed by atoms with E-state index < -0.39 is 30.6 Å². The van der Waals surface area contributed by atoms with E-state index in [1.807, 2.05) is 0 Å². The molecule has 23 heavy (non-hydrogen) atoms. The van der Waals surface area contributed by atoms with Crippen LogP contribution in [0.1, 0.15) is 15.9 Å². The van der Waals surface area contributed by atoms with E-state index in [4.69, 9.17) is 10.5 Å². The summed E-state index contributed by atoms with van der Waals surface area (Å²) < 4.78 is 41.1. The van der Waals surface area contributed by atoms with Crippen LogP contribution in [0.5, 0.6) is 0 Å². The third kappa shape index (κ3) is 6.25. The highest BCUT2D eigenvalue weighted by Gasteiger charge is 2.28. The van der Waals surface area contributed by atoms with Gasteiger partial charge in [-0.2, -0.15) is 13.2 Å². The summed E-state index contributed by atoms with van der Waals surface area (Å²) in [6.07, 6.45) is -4.50. The summed E-state index contributed by atoms with van der Waals surface area (Å²) in [5.74, 6) is -1.41. The van der Waals surface area contributed by atoms with Gasteiger partial charge in [0.25, 0.3) is 5.91 Å². The number of hydrogen-bond acceptors (Lipinski definition) is 4. The fourth-order valence-corrected chi connectivity index (χ4v) is 1.66.